The van der Waals surface area contributed by atoms with E-state index in [4.69, 9.17) is 11.6 Å². The molecule has 112 valence electrons. The molecule has 0 N–H and O–H groups in total. The number of rotatable bonds is 2. The monoisotopic (exact) mass is 311 g/mol. The van der Waals surface area contributed by atoms with E-state index in [0.717, 1.165) is 11.4 Å². The zero-order chi connectivity index (χ0) is 15.9. The van der Waals surface area contributed by atoms with Crippen LogP contribution in [0.5, 0.6) is 0 Å². The van der Waals surface area contributed by atoms with Crippen molar-refractivity contribution in [1.29, 1.82) is 0 Å². The maximum Gasteiger partial charge on any atom is 0.187 e. The van der Waals surface area contributed by atoms with Crippen molar-refractivity contribution < 1.29 is 4.79 Å². The number of carbonyl (C=O) groups is 1. The largest absolute Gasteiger partial charge is 0.347 e. The number of hydrogen-bond acceptors (Lipinski definition) is 2. The summed E-state index contributed by atoms with van der Waals surface area (Å²) >= 11 is 5.98. The maximum atomic E-state index is 12.6. The lowest BCUT2D eigenvalue weighted by molar-refractivity contribution is 0.104. The Bertz CT molecular complexity index is 777. The van der Waals surface area contributed by atoms with E-state index >= 15 is 0 Å². The third kappa shape index (κ3) is 2.34. The molecule has 0 aliphatic carbocycles. The molecule has 0 radical (unpaired) electrons. The Morgan fingerprint density at radius 2 is 1.86 bits per heavy atom. The van der Waals surface area contributed by atoms with Gasteiger partial charge in [-0.05, 0) is 23.8 Å². The molecule has 3 rings (SSSR count). The summed E-state index contributed by atoms with van der Waals surface area (Å²) in [4.78, 5) is 14.7. The smallest absolute Gasteiger partial charge is 0.187 e. The summed E-state index contributed by atoms with van der Waals surface area (Å²) in [5.41, 5.74) is 3.80. The molecule has 0 unspecified atom stereocenters. The predicted octanol–water partition coefficient (Wildman–Crippen LogP) is 4.83. The summed E-state index contributed by atoms with van der Waals surface area (Å²) < 4.78 is 0. The van der Waals surface area contributed by atoms with Crippen LogP contribution in [0.3, 0.4) is 0 Å². The van der Waals surface area contributed by atoms with Crippen LogP contribution in [0.25, 0.3) is 0 Å². The molecule has 0 saturated carbocycles. The molecule has 2 aromatic rings. The lowest BCUT2D eigenvalue weighted by Gasteiger charge is -2.24. The summed E-state index contributed by atoms with van der Waals surface area (Å²) in [7, 11) is 2.00. The summed E-state index contributed by atoms with van der Waals surface area (Å²) in [6.45, 7) is 4.29. The molecule has 0 amide bonds. The normalized spacial score (nSPS) is 17.6. The maximum absolute atomic E-state index is 12.6. The lowest BCUT2D eigenvalue weighted by atomic mass is 9.83. The highest BCUT2D eigenvalue weighted by Crippen LogP contribution is 2.46. The number of ketones is 1. The van der Waals surface area contributed by atoms with Crippen molar-refractivity contribution in [2.24, 2.45) is 0 Å². The average Bonchev–Trinajstić information content (AvgIpc) is 2.69. The van der Waals surface area contributed by atoms with E-state index in [1.165, 1.54) is 5.56 Å². The molecule has 2 aromatic carbocycles. The van der Waals surface area contributed by atoms with Gasteiger partial charge in [-0.2, -0.15) is 0 Å². The minimum atomic E-state index is -0.195. The van der Waals surface area contributed by atoms with Gasteiger partial charge in [0.15, 0.2) is 5.78 Å². The first kappa shape index (κ1) is 14.9. The van der Waals surface area contributed by atoms with Crippen molar-refractivity contribution in [1.82, 2.24) is 0 Å². The SMILES string of the molecule is CN1/C(=C\C(=O)c2cccc(Cl)c2)C(C)(C)c2ccccc21. The Morgan fingerprint density at radius 1 is 1.14 bits per heavy atom. The van der Waals surface area contributed by atoms with Crippen molar-refractivity contribution in [2.75, 3.05) is 11.9 Å². The highest BCUT2D eigenvalue weighted by atomic mass is 35.5. The van der Waals surface area contributed by atoms with Gasteiger partial charge in [0.1, 0.15) is 0 Å². The molecule has 22 heavy (non-hydrogen) atoms. The molecular weight excluding hydrogens is 294 g/mol. The molecule has 3 heteroatoms. The van der Waals surface area contributed by atoms with Crippen molar-refractivity contribution in [3.8, 4) is 0 Å². The number of carbonyl (C=O) groups excluding carboxylic acids is 1. The quantitative estimate of drug-likeness (QED) is 0.584. The molecular formula is C19H18ClNO. The second kappa shape index (κ2) is 5.29. The molecule has 1 aliphatic heterocycles. The molecule has 0 spiro atoms. The molecule has 1 heterocycles. The Morgan fingerprint density at radius 3 is 2.55 bits per heavy atom. The third-order valence-electron chi connectivity index (χ3n) is 4.32. The molecule has 1 aliphatic rings. The molecule has 0 fully saturated rings. The first-order valence-electron chi connectivity index (χ1n) is 7.26. The minimum absolute atomic E-state index is 0.0229. The summed E-state index contributed by atoms with van der Waals surface area (Å²) in [5, 5.41) is 0.576. The van der Waals surface area contributed by atoms with Crippen LogP contribution >= 0.6 is 11.6 Å². The van der Waals surface area contributed by atoms with Gasteiger partial charge in [-0.3, -0.25) is 4.79 Å². The van der Waals surface area contributed by atoms with Gasteiger partial charge in [0.25, 0.3) is 0 Å². The van der Waals surface area contributed by atoms with Crippen molar-refractivity contribution in [3.05, 3.63) is 76.5 Å². The van der Waals surface area contributed by atoms with E-state index in [2.05, 4.69) is 30.9 Å². The predicted molar refractivity (Wildman–Crippen MR) is 91.7 cm³/mol. The summed E-state index contributed by atoms with van der Waals surface area (Å²) in [5.74, 6) is -0.0229. The fourth-order valence-electron chi connectivity index (χ4n) is 3.11. The highest BCUT2D eigenvalue weighted by Gasteiger charge is 2.38. The number of fused-ring (bicyclic) bond motifs is 1. The van der Waals surface area contributed by atoms with Crippen molar-refractivity contribution in [3.63, 3.8) is 0 Å². The number of anilines is 1. The fraction of sp³-hybridized carbons (Fsp3) is 0.211. The van der Waals surface area contributed by atoms with Crippen LogP contribution in [0.4, 0.5) is 5.69 Å². The van der Waals surface area contributed by atoms with Crippen LogP contribution in [0.2, 0.25) is 5.02 Å². The molecule has 0 saturated heterocycles. The van der Waals surface area contributed by atoms with Gasteiger partial charge in [0.2, 0.25) is 0 Å². The fourth-order valence-corrected chi connectivity index (χ4v) is 3.30. The average molecular weight is 312 g/mol. The zero-order valence-corrected chi connectivity index (χ0v) is 13.7. The zero-order valence-electron chi connectivity index (χ0n) is 12.9. The van der Waals surface area contributed by atoms with Crippen LogP contribution in [0.15, 0.2) is 60.3 Å². The van der Waals surface area contributed by atoms with Gasteiger partial charge < -0.3 is 4.90 Å². The van der Waals surface area contributed by atoms with Gasteiger partial charge in [-0.1, -0.05) is 55.8 Å². The third-order valence-corrected chi connectivity index (χ3v) is 4.55. The molecule has 0 bridgehead atoms. The first-order valence-corrected chi connectivity index (χ1v) is 7.64. The number of allylic oxidation sites excluding steroid dienone is 2. The van der Waals surface area contributed by atoms with E-state index in [1.807, 2.05) is 19.2 Å². The summed E-state index contributed by atoms with van der Waals surface area (Å²) in [6.07, 6.45) is 1.73. The standard InChI is InChI=1S/C19H18ClNO/c1-19(2)15-9-4-5-10-16(15)21(3)18(19)12-17(22)13-7-6-8-14(20)11-13/h4-12H,1-3H3/b18-12-. The van der Waals surface area contributed by atoms with Crippen LogP contribution < -0.4 is 4.90 Å². The van der Waals surface area contributed by atoms with E-state index in [0.29, 0.717) is 10.6 Å². The van der Waals surface area contributed by atoms with Crippen LogP contribution in [0.1, 0.15) is 29.8 Å². The number of hydrogen-bond donors (Lipinski definition) is 0. The Hall–Kier alpha value is -2.06. The van der Waals surface area contributed by atoms with E-state index in [-0.39, 0.29) is 11.2 Å². The second-order valence-corrected chi connectivity index (χ2v) is 6.54. The topological polar surface area (TPSA) is 20.3 Å². The van der Waals surface area contributed by atoms with Crippen LogP contribution in [-0.4, -0.2) is 12.8 Å². The van der Waals surface area contributed by atoms with Crippen molar-refractivity contribution >= 4 is 23.1 Å². The Balaban J connectivity index is 2.04. The van der Waals surface area contributed by atoms with Gasteiger partial charge in [-0.15, -0.1) is 0 Å². The van der Waals surface area contributed by atoms with Crippen LogP contribution in [-0.2, 0) is 5.41 Å². The number of para-hydroxylation sites is 1. The van der Waals surface area contributed by atoms with Crippen molar-refractivity contribution in [2.45, 2.75) is 19.3 Å². The van der Waals surface area contributed by atoms with Crippen LogP contribution in [0, 0.1) is 0 Å². The number of likely N-dealkylation sites (N-methyl/N-ethyl adjacent to an activating group) is 1. The van der Waals surface area contributed by atoms with E-state index < -0.39 is 0 Å². The highest BCUT2D eigenvalue weighted by molar-refractivity contribution is 6.31. The second-order valence-electron chi connectivity index (χ2n) is 6.11. The minimum Gasteiger partial charge on any atom is -0.347 e. The van der Waals surface area contributed by atoms with E-state index in [1.54, 1.807) is 30.3 Å². The number of nitrogens with zero attached hydrogens (tertiary/aromatic N) is 1. The first-order chi connectivity index (χ1) is 10.4. The van der Waals surface area contributed by atoms with Gasteiger partial charge in [-0.25, -0.2) is 0 Å². The Labute approximate surface area is 136 Å². The van der Waals surface area contributed by atoms with Gasteiger partial charge in [0, 0.05) is 40.5 Å². The molecule has 0 aromatic heterocycles. The van der Waals surface area contributed by atoms with Gasteiger partial charge >= 0.3 is 0 Å². The summed E-state index contributed by atoms with van der Waals surface area (Å²) in [6, 6.07) is 15.3. The molecule has 2 nitrogen and oxygen atoms in total. The van der Waals surface area contributed by atoms with Gasteiger partial charge in [0.05, 0.1) is 0 Å². The lowest BCUT2D eigenvalue weighted by Crippen LogP contribution is -2.24. The number of halogens is 1. The molecule has 0 atom stereocenters. The Kier molecular flexibility index (Phi) is 3.57. The van der Waals surface area contributed by atoms with E-state index in [9.17, 15) is 4.79 Å². The number of benzene rings is 2.